The second-order valence-corrected chi connectivity index (χ2v) is 8.36. The van der Waals surface area contributed by atoms with Crippen molar-refractivity contribution >= 4 is 12.0 Å². The van der Waals surface area contributed by atoms with Gasteiger partial charge in [-0.1, -0.05) is 0 Å². The number of piperidine rings is 1. The summed E-state index contributed by atoms with van der Waals surface area (Å²) in [5.74, 6) is 0.645. The number of hydrogen-bond acceptors (Lipinski definition) is 5. The molecule has 1 aromatic rings. The molecule has 0 aromatic carbocycles. The third-order valence-electron chi connectivity index (χ3n) is 6.70. The molecule has 1 aromatic heterocycles. The molecule has 1 N–H and O–H groups in total. The van der Waals surface area contributed by atoms with E-state index in [-0.39, 0.29) is 17.4 Å². The number of nitrogens with zero attached hydrogens (tertiary/aromatic N) is 4. The molecule has 0 atom stereocenters. The first-order valence-corrected chi connectivity index (χ1v) is 9.83. The van der Waals surface area contributed by atoms with Crippen molar-refractivity contribution in [2.24, 2.45) is 5.41 Å². The third-order valence-corrected chi connectivity index (χ3v) is 6.70. The molecule has 0 radical (unpaired) electrons. The summed E-state index contributed by atoms with van der Waals surface area (Å²) in [6, 6.07) is 0.797. The first-order chi connectivity index (χ1) is 13.0. The van der Waals surface area contributed by atoms with Crippen LogP contribution >= 0.6 is 0 Å². The molecule has 8 nitrogen and oxygen atoms in total. The van der Waals surface area contributed by atoms with E-state index in [0.717, 1.165) is 45.2 Å². The molecule has 8 heteroatoms. The fourth-order valence-electron chi connectivity index (χ4n) is 5.17. The number of rotatable bonds is 4. The summed E-state index contributed by atoms with van der Waals surface area (Å²) in [7, 11) is 0. The fourth-order valence-corrected chi connectivity index (χ4v) is 5.17. The van der Waals surface area contributed by atoms with E-state index < -0.39 is 6.09 Å². The summed E-state index contributed by atoms with van der Waals surface area (Å²) in [6.45, 7) is 5.40. The smallest absolute Gasteiger partial charge is 0.407 e. The molecular formula is C19H28N4O4. The number of carboxylic acid groups (broad SMARTS) is 1. The van der Waals surface area contributed by atoms with Gasteiger partial charge in [0, 0.05) is 45.2 Å². The highest BCUT2D eigenvalue weighted by atomic mass is 16.4. The number of likely N-dealkylation sites (tertiary alicyclic amines) is 2. The molecule has 27 heavy (non-hydrogen) atoms. The van der Waals surface area contributed by atoms with Gasteiger partial charge in [-0.3, -0.25) is 4.79 Å². The molecule has 2 aliphatic heterocycles. The summed E-state index contributed by atoms with van der Waals surface area (Å²) in [4.78, 5) is 33.4. The van der Waals surface area contributed by atoms with Gasteiger partial charge in [0.15, 0.2) is 0 Å². The zero-order valence-electron chi connectivity index (χ0n) is 15.8. The standard InChI is InChI=1S/C19H28N4O4/c1-14(24)23(12-17-20-5-9-27-17)15-2-6-21(7-3-15)16-10-19(11-16)4-8-22(13-19)18(25)26/h5,9,15-16H,2-4,6-8,10-13H2,1H3,(H,25,26). The van der Waals surface area contributed by atoms with E-state index >= 15 is 0 Å². The quantitative estimate of drug-likeness (QED) is 0.865. The number of oxazole rings is 1. The average Bonchev–Trinajstić information content (AvgIpc) is 3.28. The normalized spacial score (nSPS) is 29.1. The topological polar surface area (TPSA) is 90.1 Å². The van der Waals surface area contributed by atoms with E-state index in [1.165, 1.54) is 6.26 Å². The monoisotopic (exact) mass is 376 g/mol. The summed E-state index contributed by atoms with van der Waals surface area (Å²) in [5.41, 5.74) is 0.219. The van der Waals surface area contributed by atoms with Crippen molar-refractivity contribution in [1.29, 1.82) is 0 Å². The van der Waals surface area contributed by atoms with Crippen LogP contribution in [0.15, 0.2) is 16.9 Å². The predicted molar refractivity (Wildman–Crippen MR) is 97.0 cm³/mol. The molecule has 3 aliphatic rings. The number of aromatic nitrogens is 1. The maximum Gasteiger partial charge on any atom is 0.407 e. The molecule has 148 valence electrons. The molecule has 0 bridgehead atoms. The van der Waals surface area contributed by atoms with Gasteiger partial charge in [-0.05, 0) is 37.5 Å². The number of amides is 2. The van der Waals surface area contributed by atoms with Crippen LogP contribution in [0.3, 0.4) is 0 Å². The Hall–Kier alpha value is -2.09. The van der Waals surface area contributed by atoms with Gasteiger partial charge >= 0.3 is 6.09 Å². The van der Waals surface area contributed by atoms with Gasteiger partial charge < -0.3 is 24.2 Å². The van der Waals surface area contributed by atoms with Crippen molar-refractivity contribution in [3.8, 4) is 0 Å². The number of carbonyl (C=O) groups excluding carboxylic acids is 1. The van der Waals surface area contributed by atoms with Gasteiger partial charge in [-0.2, -0.15) is 0 Å². The molecule has 1 aliphatic carbocycles. The molecule has 0 unspecified atom stereocenters. The molecule has 3 heterocycles. The minimum Gasteiger partial charge on any atom is -0.465 e. The summed E-state index contributed by atoms with van der Waals surface area (Å²) >= 11 is 0. The maximum absolute atomic E-state index is 12.1. The van der Waals surface area contributed by atoms with E-state index in [1.54, 1.807) is 18.0 Å². The van der Waals surface area contributed by atoms with Crippen LogP contribution in [0.5, 0.6) is 0 Å². The van der Waals surface area contributed by atoms with Gasteiger partial charge in [-0.25, -0.2) is 9.78 Å². The van der Waals surface area contributed by atoms with Crippen molar-refractivity contribution in [3.63, 3.8) is 0 Å². The molecule has 4 rings (SSSR count). The second-order valence-electron chi connectivity index (χ2n) is 8.36. The lowest BCUT2D eigenvalue weighted by Crippen LogP contribution is -2.56. The lowest BCUT2D eigenvalue weighted by molar-refractivity contribution is -0.133. The lowest BCUT2D eigenvalue weighted by Gasteiger charge is -2.52. The van der Waals surface area contributed by atoms with E-state index in [2.05, 4.69) is 9.88 Å². The number of hydrogen-bond donors (Lipinski definition) is 1. The van der Waals surface area contributed by atoms with Gasteiger partial charge in [0.05, 0.1) is 12.7 Å². The first kappa shape index (κ1) is 18.3. The summed E-state index contributed by atoms with van der Waals surface area (Å²) in [5, 5.41) is 9.17. The van der Waals surface area contributed by atoms with E-state index in [0.29, 0.717) is 31.6 Å². The van der Waals surface area contributed by atoms with Gasteiger partial charge in [-0.15, -0.1) is 0 Å². The predicted octanol–water partition coefficient (Wildman–Crippen LogP) is 2.02. The largest absolute Gasteiger partial charge is 0.465 e. The summed E-state index contributed by atoms with van der Waals surface area (Å²) < 4.78 is 5.31. The Morgan fingerprint density at radius 1 is 1.33 bits per heavy atom. The zero-order chi connectivity index (χ0) is 19.0. The average molecular weight is 376 g/mol. The lowest BCUT2D eigenvalue weighted by atomic mass is 9.64. The van der Waals surface area contributed by atoms with Crippen LogP contribution in [-0.4, -0.2) is 75.1 Å². The molecule has 2 saturated heterocycles. The van der Waals surface area contributed by atoms with Crippen molar-refractivity contribution < 1.29 is 19.1 Å². The van der Waals surface area contributed by atoms with Crippen LogP contribution in [0, 0.1) is 5.41 Å². The maximum atomic E-state index is 12.1. The van der Waals surface area contributed by atoms with Crippen LogP contribution in [0.4, 0.5) is 4.79 Å². The van der Waals surface area contributed by atoms with Gasteiger partial charge in [0.2, 0.25) is 11.8 Å². The Balaban J connectivity index is 1.27. The zero-order valence-corrected chi connectivity index (χ0v) is 15.8. The Kier molecular flexibility index (Phi) is 4.84. The minimum atomic E-state index is -0.786. The van der Waals surface area contributed by atoms with Gasteiger partial charge in [0.25, 0.3) is 0 Å². The molecule has 1 spiro atoms. The Bertz CT molecular complexity index is 678. The first-order valence-electron chi connectivity index (χ1n) is 9.83. The van der Waals surface area contributed by atoms with Gasteiger partial charge in [0.1, 0.15) is 6.26 Å². The van der Waals surface area contributed by atoms with Crippen molar-refractivity contribution in [2.75, 3.05) is 26.2 Å². The van der Waals surface area contributed by atoms with E-state index in [1.807, 2.05) is 4.90 Å². The minimum absolute atomic E-state index is 0.0639. The molecule has 1 saturated carbocycles. The van der Waals surface area contributed by atoms with Crippen molar-refractivity contribution in [3.05, 3.63) is 18.4 Å². The molecular weight excluding hydrogens is 348 g/mol. The Morgan fingerprint density at radius 3 is 2.63 bits per heavy atom. The van der Waals surface area contributed by atoms with Crippen LogP contribution in [0.2, 0.25) is 0 Å². The Labute approximate surface area is 159 Å². The van der Waals surface area contributed by atoms with Crippen molar-refractivity contribution in [1.82, 2.24) is 19.7 Å². The fraction of sp³-hybridized carbons (Fsp3) is 0.737. The van der Waals surface area contributed by atoms with E-state index in [4.69, 9.17) is 9.52 Å². The highest BCUT2D eigenvalue weighted by Crippen LogP contribution is 2.50. The highest BCUT2D eigenvalue weighted by Gasteiger charge is 2.51. The van der Waals surface area contributed by atoms with Crippen LogP contribution in [0.1, 0.15) is 44.9 Å². The molecule has 3 fully saturated rings. The summed E-state index contributed by atoms with van der Waals surface area (Å²) in [6.07, 6.45) is 7.50. The van der Waals surface area contributed by atoms with Crippen LogP contribution in [-0.2, 0) is 11.3 Å². The number of carbonyl (C=O) groups is 2. The van der Waals surface area contributed by atoms with Crippen molar-refractivity contribution in [2.45, 2.75) is 57.7 Å². The van der Waals surface area contributed by atoms with Crippen LogP contribution in [0.25, 0.3) is 0 Å². The van der Waals surface area contributed by atoms with E-state index in [9.17, 15) is 9.59 Å². The SMILES string of the molecule is CC(=O)N(Cc1ncco1)C1CCN(C2CC3(CCN(C(=O)O)C3)C2)CC1. The Morgan fingerprint density at radius 2 is 2.07 bits per heavy atom. The highest BCUT2D eigenvalue weighted by molar-refractivity contribution is 5.73. The third kappa shape index (κ3) is 3.67. The second kappa shape index (κ2) is 7.14. The van der Waals surface area contributed by atoms with Crippen LogP contribution < -0.4 is 0 Å². The molecule has 2 amide bonds.